The largest absolute Gasteiger partial charge is 0.458 e. The molecule has 100 valence electrons. The van der Waals surface area contributed by atoms with E-state index in [9.17, 15) is 4.79 Å². The maximum absolute atomic E-state index is 12.0. The van der Waals surface area contributed by atoms with Gasteiger partial charge in [0.05, 0.1) is 5.56 Å². The summed E-state index contributed by atoms with van der Waals surface area (Å²) >= 11 is 0. The lowest BCUT2D eigenvalue weighted by molar-refractivity contribution is -0.00674. The van der Waals surface area contributed by atoms with E-state index in [0.717, 1.165) is 19.3 Å². The van der Waals surface area contributed by atoms with Crippen molar-refractivity contribution in [1.29, 1.82) is 0 Å². The van der Waals surface area contributed by atoms with Crippen LogP contribution in [0.15, 0.2) is 30.3 Å². The zero-order valence-corrected chi connectivity index (χ0v) is 11.9. The van der Waals surface area contributed by atoms with Gasteiger partial charge in [-0.2, -0.15) is 0 Å². The van der Waals surface area contributed by atoms with Crippen LogP contribution in [0, 0.1) is 5.41 Å². The van der Waals surface area contributed by atoms with Gasteiger partial charge in [-0.05, 0) is 24.0 Å². The Bertz CT molecular complexity index is 362. The van der Waals surface area contributed by atoms with Crippen LogP contribution in [-0.2, 0) is 4.74 Å². The highest BCUT2D eigenvalue weighted by molar-refractivity contribution is 5.89. The molecule has 0 aliphatic heterocycles. The molecule has 1 aromatic carbocycles. The molecule has 1 aromatic rings. The second kappa shape index (κ2) is 6.58. The molecule has 0 fully saturated rings. The third kappa shape index (κ3) is 4.52. The second-order valence-corrected chi connectivity index (χ2v) is 5.77. The standard InChI is InChI=1S/C16H24O2/c1-5-6-12-14(16(2,3)4)18-15(17)13-10-8-7-9-11-13/h7-11,14H,5-6,12H2,1-4H3/t14-/m1/s1. The Morgan fingerprint density at radius 1 is 1.22 bits per heavy atom. The van der Waals surface area contributed by atoms with Gasteiger partial charge in [-0.25, -0.2) is 4.79 Å². The minimum absolute atomic E-state index is 0.0143. The zero-order chi connectivity index (χ0) is 13.6. The van der Waals surface area contributed by atoms with Crippen molar-refractivity contribution >= 4 is 5.97 Å². The number of ether oxygens (including phenoxy) is 1. The van der Waals surface area contributed by atoms with Crippen molar-refractivity contribution in [2.45, 2.75) is 53.1 Å². The van der Waals surface area contributed by atoms with Gasteiger partial charge in [-0.3, -0.25) is 0 Å². The number of hydrogen-bond acceptors (Lipinski definition) is 2. The fourth-order valence-corrected chi connectivity index (χ4v) is 1.83. The average Bonchev–Trinajstić information content (AvgIpc) is 2.34. The molecule has 2 nitrogen and oxygen atoms in total. The number of hydrogen-bond donors (Lipinski definition) is 0. The van der Waals surface area contributed by atoms with Crippen LogP contribution in [0.3, 0.4) is 0 Å². The van der Waals surface area contributed by atoms with Crippen molar-refractivity contribution in [2.24, 2.45) is 5.41 Å². The summed E-state index contributed by atoms with van der Waals surface area (Å²) in [5.74, 6) is -0.216. The van der Waals surface area contributed by atoms with Crippen molar-refractivity contribution in [3.8, 4) is 0 Å². The van der Waals surface area contributed by atoms with E-state index in [1.165, 1.54) is 0 Å². The molecule has 1 atom stereocenters. The van der Waals surface area contributed by atoms with Crippen molar-refractivity contribution in [3.63, 3.8) is 0 Å². The van der Waals surface area contributed by atoms with Crippen LogP contribution in [0.4, 0.5) is 0 Å². The Morgan fingerprint density at radius 3 is 2.33 bits per heavy atom. The van der Waals surface area contributed by atoms with Gasteiger partial charge in [-0.15, -0.1) is 0 Å². The number of esters is 1. The molecule has 0 unspecified atom stereocenters. The summed E-state index contributed by atoms with van der Waals surface area (Å²) in [6, 6.07) is 9.20. The summed E-state index contributed by atoms with van der Waals surface area (Å²) in [5.41, 5.74) is 0.614. The van der Waals surface area contributed by atoms with E-state index in [4.69, 9.17) is 4.74 Å². The maximum atomic E-state index is 12.0. The first-order valence-corrected chi connectivity index (χ1v) is 6.71. The van der Waals surface area contributed by atoms with Crippen molar-refractivity contribution < 1.29 is 9.53 Å². The summed E-state index contributed by atoms with van der Waals surface area (Å²) in [5, 5.41) is 0. The first-order valence-electron chi connectivity index (χ1n) is 6.71. The van der Waals surface area contributed by atoms with Gasteiger partial charge in [0.2, 0.25) is 0 Å². The molecule has 0 aromatic heterocycles. The second-order valence-electron chi connectivity index (χ2n) is 5.77. The van der Waals surface area contributed by atoms with Crippen molar-refractivity contribution in [1.82, 2.24) is 0 Å². The van der Waals surface area contributed by atoms with Gasteiger partial charge in [0, 0.05) is 0 Å². The predicted octanol–water partition coefficient (Wildman–Crippen LogP) is 4.45. The predicted molar refractivity (Wildman–Crippen MR) is 74.6 cm³/mol. The van der Waals surface area contributed by atoms with Gasteiger partial charge >= 0.3 is 5.97 Å². The summed E-state index contributed by atoms with van der Waals surface area (Å²) < 4.78 is 5.66. The molecular weight excluding hydrogens is 224 g/mol. The van der Waals surface area contributed by atoms with Crippen LogP contribution in [0.5, 0.6) is 0 Å². The van der Waals surface area contributed by atoms with Crippen molar-refractivity contribution in [2.75, 3.05) is 0 Å². The number of benzene rings is 1. The summed E-state index contributed by atoms with van der Waals surface area (Å²) in [7, 11) is 0. The Morgan fingerprint density at radius 2 is 1.83 bits per heavy atom. The number of carbonyl (C=O) groups is 1. The SMILES string of the molecule is CCCC[C@@H](OC(=O)c1ccccc1)C(C)(C)C. The van der Waals surface area contributed by atoms with E-state index < -0.39 is 0 Å². The summed E-state index contributed by atoms with van der Waals surface area (Å²) in [6.07, 6.45) is 3.11. The summed E-state index contributed by atoms with van der Waals surface area (Å²) in [6.45, 7) is 8.50. The number of carbonyl (C=O) groups excluding carboxylic acids is 1. The molecule has 0 saturated heterocycles. The minimum Gasteiger partial charge on any atom is -0.458 e. The normalized spacial score (nSPS) is 13.1. The molecule has 0 spiro atoms. The van der Waals surface area contributed by atoms with Crippen LogP contribution < -0.4 is 0 Å². The smallest absolute Gasteiger partial charge is 0.338 e. The number of unbranched alkanes of at least 4 members (excludes halogenated alkanes) is 1. The number of rotatable bonds is 5. The molecule has 0 radical (unpaired) electrons. The lowest BCUT2D eigenvalue weighted by Gasteiger charge is -2.30. The zero-order valence-electron chi connectivity index (χ0n) is 11.9. The molecule has 0 bridgehead atoms. The average molecular weight is 248 g/mol. The lowest BCUT2D eigenvalue weighted by atomic mass is 9.86. The molecule has 0 saturated carbocycles. The van der Waals surface area contributed by atoms with Gasteiger partial charge in [0.15, 0.2) is 0 Å². The summed E-state index contributed by atoms with van der Waals surface area (Å²) in [4.78, 5) is 12.0. The first kappa shape index (κ1) is 14.7. The Hall–Kier alpha value is -1.31. The topological polar surface area (TPSA) is 26.3 Å². The molecule has 0 aliphatic carbocycles. The Kier molecular flexibility index (Phi) is 5.39. The molecular formula is C16H24O2. The molecule has 2 heteroatoms. The van der Waals surface area contributed by atoms with Crippen LogP contribution in [-0.4, -0.2) is 12.1 Å². The van der Waals surface area contributed by atoms with Crippen LogP contribution in [0.25, 0.3) is 0 Å². The molecule has 0 amide bonds. The van der Waals surface area contributed by atoms with Crippen molar-refractivity contribution in [3.05, 3.63) is 35.9 Å². The third-order valence-electron chi connectivity index (χ3n) is 3.04. The van der Waals surface area contributed by atoms with E-state index in [0.29, 0.717) is 5.56 Å². The third-order valence-corrected chi connectivity index (χ3v) is 3.04. The fourth-order valence-electron chi connectivity index (χ4n) is 1.83. The Labute approximate surface area is 110 Å². The molecule has 0 N–H and O–H groups in total. The van der Waals surface area contributed by atoms with E-state index in [-0.39, 0.29) is 17.5 Å². The molecule has 0 heterocycles. The quantitative estimate of drug-likeness (QED) is 0.720. The Balaban J connectivity index is 2.69. The van der Waals surface area contributed by atoms with Gasteiger partial charge in [-0.1, -0.05) is 58.7 Å². The van der Waals surface area contributed by atoms with E-state index in [1.807, 2.05) is 18.2 Å². The highest BCUT2D eigenvalue weighted by Gasteiger charge is 2.28. The van der Waals surface area contributed by atoms with E-state index >= 15 is 0 Å². The van der Waals surface area contributed by atoms with Gasteiger partial charge in [0.25, 0.3) is 0 Å². The van der Waals surface area contributed by atoms with Crippen LogP contribution in [0.2, 0.25) is 0 Å². The van der Waals surface area contributed by atoms with Gasteiger partial charge < -0.3 is 4.74 Å². The molecule has 0 aliphatic rings. The fraction of sp³-hybridized carbons (Fsp3) is 0.562. The lowest BCUT2D eigenvalue weighted by Crippen LogP contribution is -2.31. The van der Waals surface area contributed by atoms with E-state index in [2.05, 4.69) is 27.7 Å². The minimum atomic E-state index is -0.216. The maximum Gasteiger partial charge on any atom is 0.338 e. The van der Waals surface area contributed by atoms with E-state index in [1.54, 1.807) is 12.1 Å². The highest BCUT2D eigenvalue weighted by atomic mass is 16.5. The first-order chi connectivity index (χ1) is 8.45. The highest BCUT2D eigenvalue weighted by Crippen LogP contribution is 2.27. The van der Waals surface area contributed by atoms with Crippen LogP contribution >= 0.6 is 0 Å². The van der Waals surface area contributed by atoms with Crippen LogP contribution in [0.1, 0.15) is 57.3 Å². The molecule has 1 rings (SSSR count). The monoisotopic (exact) mass is 248 g/mol. The molecule has 18 heavy (non-hydrogen) atoms. The van der Waals surface area contributed by atoms with Gasteiger partial charge in [0.1, 0.15) is 6.10 Å².